The quantitative estimate of drug-likeness (QED) is 0.757. The Morgan fingerprint density at radius 3 is 2.67 bits per heavy atom. The number of nitrogens with zero attached hydrogens (tertiary/aromatic N) is 1. The van der Waals surface area contributed by atoms with Crippen LogP contribution in [-0.2, 0) is 15.7 Å². The van der Waals surface area contributed by atoms with Gasteiger partial charge in [0.15, 0.2) is 6.04 Å². The summed E-state index contributed by atoms with van der Waals surface area (Å²) in [7, 11) is -1.12. The average molecular weight is 299 g/mol. The van der Waals surface area contributed by atoms with Gasteiger partial charge in [-0.1, -0.05) is 30.3 Å². The van der Waals surface area contributed by atoms with Gasteiger partial charge in [-0.3, -0.25) is 0 Å². The van der Waals surface area contributed by atoms with Gasteiger partial charge in [-0.15, -0.1) is 0 Å². The smallest absolute Gasteiger partial charge is 0.288 e. The molecule has 0 aliphatic carbocycles. The molecule has 0 amide bonds. The molecule has 0 saturated carbocycles. The molecular formula is C16H15N2O2S+. The van der Waals surface area contributed by atoms with Gasteiger partial charge in [0.05, 0.1) is 0 Å². The first-order chi connectivity index (χ1) is 10.3. The van der Waals surface area contributed by atoms with E-state index in [0.717, 1.165) is 5.82 Å². The Hall–Kier alpha value is -1.72. The molecule has 3 aliphatic rings. The topological polar surface area (TPSA) is 42.2 Å². The molecule has 1 aromatic heterocycles. The van der Waals surface area contributed by atoms with Gasteiger partial charge in [0.25, 0.3) is 5.82 Å². The molecule has 1 aromatic carbocycles. The Morgan fingerprint density at radius 2 is 1.86 bits per heavy atom. The number of benzene rings is 1. The van der Waals surface area contributed by atoms with Crippen molar-refractivity contribution in [3.05, 3.63) is 59.3 Å². The zero-order valence-corrected chi connectivity index (χ0v) is 12.3. The van der Waals surface area contributed by atoms with E-state index in [2.05, 4.69) is 40.5 Å². The van der Waals surface area contributed by atoms with Gasteiger partial charge < -0.3 is 4.74 Å². The zero-order valence-electron chi connectivity index (χ0n) is 11.5. The molecule has 5 heteroatoms. The monoisotopic (exact) mass is 299 g/mol. The van der Waals surface area contributed by atoms with Crippen LogP contribution in [0.1, 0.15) is 35.1 Å². The zero-order chi connectivity index (χ0) is 14.1. The van der Waals surface area contributed by atoms with Crippen LogP contribution in [0.25, 0.3) is 0 Å². The van der Waals surface area contributed by atoms with Crippen LogP contribution in [0.4, 0.5) is 5.82 Å². The first-order valence-electron chi connectivity index (χ1n) is 7.18. The number of fused-ring (bicyclic) bond motifs is 10. The highest BCUT2D eigenvalue weighted by molar-refractivity contribution is 7.87. The molecule has 106 valence electrons. The summed E-state index contributed by atoms with van der Waals surface area (Å²) in [6.07, 6.45) is -0.0584. The third-order valence-electron chi connectivity index (χ3n) is 4.83. The molecule has 3 aliphatic heterocycles. The molecule has 2 aromatic rings. The molecular weight excluding hydrogens is 284 g/mol. The molecule has 5 rings (SSSR count). The van der Waals surface area contributed by atoms with Crippen LogP contribution >= 0.6 is 0 Å². The summed E-state index contributed by atoms with van der Waals surface area (Å²) in [5.41, 5.74) is 3.63. The second-order valence-corrected chi connectivity index (χ2v) is 7.23. The highest BCUT2D eigenvalue weighted by atomic mass is 32.2. The van der Waals surface area contributed by atoms with E-state index in [9.17, 15) is 4.21 Å². The summed E-state index contributed by atoms with van der Waals surface area (Å²) < 4.78 is 24.3. The molecule has 0 spiro atoms. The Bertz CT molecular complexity index is 792. The van der Waals surface area contributed by atoms with Crippen LogP contribution in [-0.4, -0.2) is 9.46 Å². The predicted molar refractivity (Wildman–Crippen MR) is 79.0 cm³/mol. The third kappa shape index (κ3) is 1.38. The van der Waals surface area contributed by atoms with Crippen molar-refractivity contribution in [3.8, 4) is 0 Å². The van der Waals surface area contributed by atoms with Crippen LogP contribution in [0.15, 0.2) is 42.5 Å². The van der Waals surface area contributed by atoms with Gasteiger partial charge in [-0.2, -0.15) is 4.72 Å². The highest BCUT2D eigenvalue weighted by Gasteiger charge is 2.61. The summed E-state index contributed by atoms with van der Waals surface area (Å²) in [5.74, 6) is 0.920. The second kappa shape index (κ2) is 3.93. The normalized spacial score (nSPS) is 34.8. The van der Waals surface area contributed by atoms with Crippen molar-refractivity contribution >= 4 is 16.8 Å². The fourth-order valence-corrected chi connectivity index (χ4v) is 5.47. The van der Waals surface area contributed by atoms with Crippen LogP contribution in [0.2, 0.25) is 0 Å². The Balaban J connectivity index is 1.76. The van der Waals surface area contributed by atoms with Crippen LogP contribution in [0, 0.1) is 6.92 Å². The van der Waals surface area contributed by atoms with Crippen LogP contribution < -0.4 is 9.29 Å². The molecule has 4 nitrogen and oxygen atoms in total. The van der Waals surface area contributed by atoms with Crippen molar-refractivity contribution in [1.82, 2.24) is 0 Å². The summed E-state index contributed by atoms with van der Waals surface area (Å²) in [6.45, 7) is 2.09. The molecule has 21 heavy (non-hydrogen) atoms. The number of pyridine rings is 1. The lowest BCUT2D eigenvalue weighted by Crippen LogP contribution is -2.57. The van der Waals surface area contributed by atoms with Crippen molar-refractivity contribution in [3.63, 3.8) is 0 Å². The summed E-state index contributed by atoms with van der Waals surface area (Å²) in [4.78, 5) is 0. The minimum atomic E-state index is -1.12. The molecule has 0 unspecified atom stereocenters. The van der Waals surface area contributed by atoms with Gasteiger partial charge >= 0.3 is 0 Å². The molecule has 5 atom stereocenters. The van der Waals surface area contributed by atoms with E-state index in [1.165, 1.54) is 16.8 Å². The summed E-state index contributed by atoms with van der Waals surface area (Å²) in [6, 6.07) is 14.5. The summed E-state index contributed by atoms with van der Waals surface area (Å²) in [5, 5.41) is -0.0245. The van der Waals surface area contributed by atoms with Gasteiger partial charge in [0, 0.05) is 6.07 Å². The minimum Gasteiger partial charge on any atom is -0.359 e. The minimum absolute atomic E-state index is 0.00657. The molecule has 2 bridgehead atoms. The fourth-order valence-electron chi connectivity index (χ4n) is 4.00. The van der Waals surface area contributed by atoms with E-state index in [1.54, 1.807) is 0 Å². The number of ether oxygens (including phenoxy) is 1. The Morgan fingerprint density at radius 1 is 1.10 bits per heavy atom. The number of nitrogens with one attached hydrogen (secondary N) is 1. The lowest BCUT2D eigenvalue weighted by Gasteiger charge is -2.31. The van der Waals surface area contributed by atoms with Crippen LogP contribution in [0.5, 0.6) is 0 Å². The van der Waals surface area contributed by atoms with E-state index in [1.807, 2.05) is 18.2 Å². The summed E-state index contributed by atoms with van der Waals surface area (Å²) >= 11 is 0. The Labute approximate surface area is 125 Å². The second-order valence-electron chi connectivity index (χ2n) is 5.88. The van der Waals surface area contributed by atoms with E-state index >= 15 is 0 Å². The van der Waals surface area contributed by atoms with Crippen molar-refractivity contribution in [2.24, 2.45) is 0 Å². The first-order valence-corrected chi connectivity index (χ1v) is 8.40. The fraction of sp³-hybridized carbons (Fsp3) is 0.312. The number of hydrogen-bond donors (Lipinski definition) is 1. The number of anilines is 1. The highest BCUT2D eigenvalue weighted by Crippen LogP contribution is 2.57. The number of rotatable bonds is 0. The number of aryl methyl sites for hydroxylation is 1. The number of hydrogen-bond acceptors (Lipinski definition) is 2. The predicted octanol–water partition coefficient (Wildman–Crippen LogP) is 2.11. The van der Waals surface area contributed by atoms with E-state index in [0.29, 0.717) is 0 Å². The van der Waals surface area contributed by atoms with Gasteiger partial charge in [-0.05, 0) is 24.1 Å². The maximum Gasteiger partial charge on any atom is 0.288 e. The first kappa shape index (κ1) is 11.9. The Kier molecular flexibility index (Phi) is 2.22. The average Bonchev–Trinajstić information content (AvgIpc) is 3.05. The lowest BCUT2D eigenvalue weighted by molar-refractivity contribution is -0.719. The largest absolute Gasteiger partial charge is 0.359 e. The van der Waals surface area contributed by atoms with Crippen molar-refractivity contribution in [1.29, 1.82) is 0 Å². The molecule has 1 N–H and O–H groups in total. The SMILES string of the molecule is Cc1cccc2[n+]1[C@@H]1[C@H]([C@H]3O[C@@H]1c1ccccc13)[S@@](=O)N2. The van der Waals surface area contributed by atoms with Gasteiger partial charge in [0.2, 0.25) is 11.0 Å². The molecule has 1 saturated heterocycles. The standard InChI is InChI=1S/C16H14N2O2S/c1-9-5-4-8-12-17-21(19)16-13(18(9)12)14-10-6-2-3-7-11(10)15(16)20-14/h2-8,13-16H,1H3/p+1/t13-,14+,15-,16+,21+/m0/s1. The van der Waals surface area contributed by atoms with Gasteiger partial charge in [-0.25, -0.2) is 8.78 Å². The third-order valence-corrected chi connectivity index (χ3v) is 6.26. The van der Waals surface area contributed by atoms with E-state index in [-0.39, 0.29) is 23.5 Å². The van der Waals surface area contributed by atoms with E-state index in [4.69, 9.17) is 4.74 Å². The molecule has 4 heterocycles. The number of aromatic nitrogens is 1. The maximum absolute atomic E-state index is 12.7. The maximum atomic E-state index is 12.7. The lowest BCUT2D eigenvalue weighted by atomic mass is 9.87. The molecule has 0 radical (unpaired) electrons. The van der Waals surface area contributed by atoms with Gasteiger partial charge in [0.1, 0.15) is 23.2 Å². The van der Waals surface area contributed by atoms with E-state index < -0.39 is 11.0 Å². The van der Waals surface area contributed by atoms with Crippen molar-refractivity contribution < 1.29 is 13.5 Å². The van der Waals surface area contributed by atoms with Crippen molar-refractivity contribution in [2.45, 2.75) is 30.4 Å². The molecule has 1 fully saturated rings. The van der Waals surface area contributed by atoms with Crippen molar-refractivity contribution in [2.75, 3.05) is 4.72 Å². The van der Waals surface area contributed by atoms with Crippen LogP contribution in [0.3, 0.4) is 0 Å².